The molecule has 0 rings (SSSR count). The van der Waals surface area contributed by atoms with E-state index in [2.05, 4.69) is 5.73 Å². The van der Waals surface area contributed by atoms with Gasteiger partial charge in [-0.15, -0.1) is 0 Å². The van der Waals surface area contributed by atoms with Crippen LogP contribution >= 0.6 is 0 Å². The van der Waals surface area contributed by atoms with Crippen LogP contribution in [0.3, 0.4) is 0 Å². The Labute approximate surface area is 40.3 Å². The third-order valence-corrected chi connectivity index (χ3v) is 0.117. The molecule has 0 bridgehead atoms. The maximum atomic E-state index is 10.4. The summed E-state index contributed by atoms with van der Waals surface area (Å²) in [5, 5.41) is 0. The third kappa shape index (κ3) is 26.4. The topological polar surface area (TPSA) is 26.0 Å². The highest BCUT2D eigenvalue weighted by Gasteiger charge is 1.95. The largest absolute Gasteiger partial charge is 0.333 e. The molecular weight excluding hydrogens is 107 g/mol. The van der Waals surface area contributed by atoms with Crippen molar-refractivity contribution in [1.29, 1.82) is 0 Å². The second kappa shape index (κ2) is 9.23. The second-order valence-electron chi connectivity index (χ2n) is 0.545. The van der Waals surface area contributed by atoms with Crippen LogP contribution in [0.25, 0.3) is 0 Å². The first-order valence-electron chi connectivity index (χ1n) is 1.69. The zero-order valence-electron chi connectivity index (χ0n) is 4.00. The summed E-state index contributed by atoms with van der Waals surface area (Å²) in [4.78, 5) is 0. The number of hydrogen-bond acceptors (Lipinski definition) is 1. The molecule has 0 aliphatic rings. The lowest BCUT2D eigenvalue weighted by molar-refractivity contribution is 0.113. The van der Waals surface area contributed by atoms with Crippen LogP contribution < -0.4 is 5.73 Å². The summed E-state index contributed by atoms with van der Waals surface area (Å²) in [6.07, 6.45) is -2.78. The Kier molecular flexibility index (Phi) is 13.0. The van der Waals surface area contributed by atoms with Crippen LogP contribution in [0.1, 0.15) is 0 Å². The van der Waals surface area contributed by atoms with Crippen LogP contribution in [0.4, 0.5) is 13.2 Å². The number of nitrogens with two attached hydrogens (primary N) is 1. The second-order valence-corrected chi connectivity index (χ2v) is 0.545. The van der Waals surface area contributed by atoms with Gasteiger partial charge in [0.15, 0.2) is 6.67 Å². The summed E-state index contributed by atoms with van der Waals surface area (Å²) >= 11 is 0. The standard InChI is InChI=1S/C2H3F3.CH5N/c3-1-2(4)5;1-2/h2H,1H2;2H2,1H3. The molecule has 0 radical (unpaired) electrons. The van der Waals surface area contributed by atoms with E-state index in [1.165, 1.54) is 7.05 Å². The molecule has 0 atom stereocenters. The monoisotopic (exact) mass is 115 g/mol. The first-order chi connectivity index (χ1) is 3.27. The zero-order chi connectivity index (χ0) is 6.28. The minimum Gasteiger partial charge on any atom is -0.333 e. The predicted molar refractivity (Wildman–Crippen MR) is 22.1 cm³/mol. The fourth-order valence-corrected chi connectivity index (χ4v) is 0. The first-order valence-corrected chi connectivity index (χ1v) is 1.69. The summed E-state index contributed by atoms with van der Waals surface area (Å²) in [7, 11) is 1.50. The van der Waals surface area contributed by atoms with Crippen molar-refractivity contribution in [3.8, 4) is 0 Å². The molecule has 46 valence electrons. The molecule has 0 aliphatic carbocycles. The van der Waals surface area contributed by atoms with Crippen LogP contribution in [-0.4, -0.2) is 20.1 Å². The van der Waals surface area contributed by atoms with E-state index in [9.17, 15) is 13.2 Å². The molecule has 0 amide bonds. The summed E-state index contributed by atoms with van der Waals surface area (Å²) in [5.74, 6) is 0. The molecule has 0 aromatic carbocycles. The van der Waals surface area contributed by atoms with Gasteiger partial charge in [-0.05, 0) is 7.05 Å². The van der Waals surface area contributed by atoms with E-state index in [-0.39, 0.29) is 0 Å². The van der Waals surface area contributed by atoms with Gasteiger partial charge in [-0.1, -0.05) is 0 Å². The highest BCUT2D eigenvalue weighted by Crippen LogP contribution is 1.88. The molecule has 1 nitrogen and oxygen atoms in total. The molecule has 0 aliphatic heterocycles. The van der Waals surface area contributed by atoms with Crippen LogP contribution in [0.5, 0.6) is 0 Å². The Hall–Kier alpha value is -0.250. The van der Waals surface area contributed by atoms with Gasteiger partial charge in [0.05, 0.1) is 0 Å². The van der Waals surface area contributed by atoms with Crippen molar-refractivity contribution in [2.45, 2.75) is 6.43 Å². The molecule has 0 spiro atoms. The van der Waals surface area contributed by atoms with Crippen molar-refractivity contribution in [3.05, 3.63) is 0 Å². The molecule has 0 heterocycles. The number of halogens is 3. The SMILES string of the molecule is CN.FCC(F)F. The molecule has 0 saturated carbocycles. The maximum absolute atomic E-state index is 10.4. The average molecular weight is 115 g/mol. The zero-order valence-corrected chi connectivity index (χ0v) is 4.00. The first kappa shape index (κ1) is 9.89. The van der Waals surface area contributed by atoms with Gasteiger partial charge >= 0.3 is 0 Å². The lowest BCUT2D eigenvalue weighted by Gasteiger charge is -1.78. The fourth-order valence-electron chi connectivity index (χ4n) is 0. The quantitative estimate of drug-likeness (QED) is 0.537. The van der Waals surface area contributed by atoms with Crippen molar-refractivity contribution >= 4 is 0 Å². The van der Waals surface area contributed by atoms with Crippen LogP contribution in [0.2, 0.25) is 0 Å². The lowest BCUT2D eigenvalue weighted by atomic mass is 10.8. The van der Waals surface area contributed by atoms with Gasteiger partial charge in [0.25, 0.3) is 6.43 Å². The molecule has 0 unspecified atom stereocenters. The minimum atomic E-state index is -2.78. The highest BCUT2D eigenvalue weighted by molar-refractivity contribution is 4.23. The summed E-state index contributed by atoms with van der Waals surface area (Å²) in [6, 6.07) is 0. The number of rotatable bonds is 1. The van der Waals surface area contributed by atoms with Crippen molar-refractivity contribution < 1.29 is 13.2 Å². The molecule has 2 N–H and O–H groups in total. The van der Waals surface area contributed by atoms with Crippen LogP contribution in [0.15, 0.2) is 0 Å². The molecule has 7 heavy (non-hydrogen) atoms. The Morgan fingerprint density at radius 3 is 1.57 bits per heavy atom. The summed E-state index contributed by atoms with van der Waals surface area (Å²) < 4.78 is 31.1. The summed E-state index contributed by atoms with van der Waals surface area (Å²) in [5.41, 5.74) is 4.50. The van der Waals surface area contributed by atoms with Gasteiger partial charge in [0.2, 0.25) is 0 Å². The molecule has 0 aromatic heterocycles. The Morgan fingerprint density at radius 1 is 1.43 bits per heavy atom. The fraction of sp³-hybridized carbons (Fsp3) is 1.00. The van der Waals surface area contributed by atoms with Crippen molar-refractivity contribution in [2.24, 2.45) is 5.73 Å². The van der Waals surface area contributed by atoms with Gasteiger partial charge in [0.1, 0.15) is 0 Å². The van der Waals surface area contributed by atoms with Gasteiger partial charge in [-0.25, -0.2) is 13.2 Å². The van der Waals surface area contributed by atoms with Crippen molar-refractivity contribution in [1.82, 2.24) is 0 Å². The van der Waals surface area contributed by atoms with E-state index in [0.29, 0.717) is 0 Å². The summed E-state index contributed by atoms with van der Waals surface area (Å²) in [6.45, 7) is -1.53. The van der Waals surface area contributed by atoms with Gasteiger partial charge in [-0.2, -0.15) is 0 Å². The van der Waals surface area contributed by atoms with E-state index in [1.807, 2.05) is 0 Å². The van der Waals surface area contributed by atoms with E-state index in [4.69, 9.17) is 0 Å². The molecule has 0 saturated heterocycles. The van der Waals surface area contributed by atoms with Gasteiger partial charge in [-0.3, -0.25) is 0 Å². The molecule has 4 heteroatoms. The van der Waals surface area contributed by atoms with Crippen molar-refractivity contribution in [3.63, 3.8) is 0 Å². The normalized spacial score (nSPS) is 7.71. The number of hydrogen-bond donors (Lipinski definition) is 1. The van der Waals surface area contributed by atoms with Crippen molar-refractivity contribution in [2.75, 3.05) is 13.7 Å². The Morgan fingerprint density at radius 2 is 1.57 bits per heavy atom. The maximum Gasteiger partial charge on any atom is 0.266 e. The van der Waals surface area contributed by atoms with Crippen LogP contribution in [-0.2, 0) is 0 Å². The molecule has 0 aromatic rings. The Balaban J connectivity index is 0. The molecular formula is C3H8F3N. The van der Waals surface area contributed by atoms with Gasteiger partial charge in [0, 0.05) is 0 Å². The number of alkyl halides is 3. The van der Waals surface area contributed by atoms with Gasteiger partial charge < -0.3 is 5.73 Å². The Bertz CT molecular complexity index is 24.1. The van der Waals surface area contributed by atoms with E-state index in [0.717, 1.165) is 0 Å². The third-order valence-electron chi connectivity index (χ3n) is 0.117. The average Bonchev–Trinajstić information content (AvgIpc) is 1.73. The minimum absolute atomic E-state index is 1.50. The smallest absolute Gasteiger partial charge is 0.266 e. The van der Waals surface area contributed by atoms with E-state index >= 15 is 0 Å². The highest BCUT2D eigenvalue weighted by atomic mass is 19.3. The van der Waals surface area contributed by atoms with Crippen LogP contribution in [0, 0.1) is 0 Å². The predicted octanol–water partition coefficient (Wildman–Crippen LogP) is 0.796. The van der Waals surface area contributed by atoms with E-state index in [1.54, 1.807) is 0 Å². The lowest BCUT2D eigenvalue weighted by Crippen LogP contribution is -1.88. The molecule has 0 fully saturated rings. The van der Waals surface area contributed by atoms with E-state index < -0.39 is 13.1 Å².